The molecule has 82 heavy (non-hydrogen) atoms. The Bertz CT molecular complexity index is 1660. The number of nitrogens with zero attached hydrogens (tertiary/aromatic N) is 1. The zero-order chi connectivity index (χ0) is 59.8. The number of carbonyl (C=O) groups excluding carboxylic acids is 2. The third kappa shape index (κ3) is 66.3. The van der Waals surface area contributed by atoms with Crippen LogP contribution in [0, 0.1) is 0 Å². The highest BCUT2D eigenvalue weighted by Crippen LogP contribution is 2.38. The van der Waals surface area contributed by atoms with E-state index in [1.165, 1.54) is 193 Å². The van der Waals surface area contributed by atoms with Crippen LogP contribution in [-0.4, -0.2) is 70.0 Å². The first-order chi connectivity index (χ1) is 40.0. The normalized spacial score (nSPS) is 13.7. The van der Waals surface area contributed by atoms with Crippen LogP contribution in [0.1, 0.15) is 309 Å². The molecule has 0 aliphatic carbocycles. The van der Waals surface area contributed by atoms with Crippen LogP contribution >= 0.6 is 7.82 Å². The molecule has 9 nitrogen and oxygen atoms in total. The lowest BCUT2D eigenvalue weighted by Gasteiger charge is -2.28. The predicted molar refractivity (Wildman–Crippen MR) is 351 cm³/mol. The van der Waals surface area contributed by atoms with Gasteiger partial charge in [-0.2, -0.15) is 0 Å². The van der Waals surface area contributed by atoms with Crippen molar-refractivity contribution in [2.24, 2.45) is 0 Å². The Balaban J connectivity index is 3.95. The molecule has 10 heteroatoms. The van der Waals surface area contributed by atoms with Crippen LogP contribution < -0.4 is 4.89 Å². The molecule has 0 radical (unpaired) electrons. The number of hydrogen-bond acceptors (Lipinski definition) is 8. The number of allylic oxidation sites excluding steroid dienone is 14. The summed E-state index contributed by atoms with van der Waals surface area (Å²) < 4.78 is 34.3. The summed E-state index contributed by atoms with van der Waals surface area (Å²) in [7, 11) is 1.17. The van der Waals surface area contributed by atoms with E-state index < -0.39 is 26.5 Å². The lowest BCUT2D eigenvalue weighted by Crippen LogP contribution is -2.37. The number of esters is 2. The standard InChI is InChI=1S/C72H130NO8P/c1-6-8-10-12-14-16-18-20-22-24-26-27-28-29-30-31-32-33-34-35-36-37-38-39-40-41-42-43-44-45-47-49-51-53-55-57-59-61-63-65-72(75)81-70(69-80-82(76,77)79-67-66-73(3,4)5)68-78-71(74)64-62-60-58-56-54-52-50-48-46-25-23-21-19-17-15-13-11-9-7-2/h8,10,14-17,20-23,26-27,29-30,70H,6-7,9,11-13,18-19,24-25,28,31-69H2,1-5H3/b10-8-,16-14-,17-15-,22-20-,23-21-,27-26-,30-29-. The fourth-order valence-electron chi connectivity index (χ4n) is 9.66. The molecule has 0 saturated carbocycles. The maximum atomic E-state index is 12.8. The molecular weight excluding hydrogens is 1040 g/mol. The molecule has 0 aliphatic heterocycles. The minimum atomic E-state index is -4.64. The van der Waals surface area contributed by atoms with Gasteiger partial charge in [0.2, 0.25) is 0 Å². The number of unbranched alkanes of at least 4 members (excludes halogenated alkanes) is 35. The summed E-state index contributed by atoms with van der Waals surface area (Å²) in [5.41, 5.74) is 0. The van der Waals surface area contributed by atoms with Gasteiger partial charge < -0.3 is 27.9 Å². The average molecular weight is 1170 g/mol. The van der Waals surface area contributed by atoms with E-state index in [4.69, 9.17) is 18.5 Å². The number of carbonyl (C=O) groups is 2. The first-order valence-electron chi connectivity index (χ1n) is 34.3. The van der Waals surface area contributed by atoms with Crippen molar-refractivity contribution in [2.45, 2.75) is 315 Å². The Morgan fingerprint density at radius 2 is 0.695 bits per heavy atom. The van der Waals surface area contributed by atoms with E-state index in [9.17, 15) is 19.0 Å². The van der Waals surface area contributed by atoms with Gasteiger partial charge in [-0.15, -0.1) is 0 Å². The zero-order valence-electron chi connectivity index (χ0n) is 54.2. The smallest absolute Gasteiger partial charge is 0.306 e. The number of quaternary nitrogens is 1. The monoisotopic (exact) mass is 1170 g/mol. The molecule has 0 fully saturated rings. The molecule has 0 saturated heterocycles. The maximum absolute atomic E-state index is 12.8. The first-order valence-corrected chi connectivity index (χ1v) is 35.8. The summed E-state index contributed by atoms with van der Waals surface area (Å²) in [6.07, 6.45) is 85.2. The van der Waals surface area contributed by atoms with Gasteiger partial charge in [0.25, 0.3) is 7.82 Å². The van der Waals surface area contributed by atoms with Crippen molar-refractivity contribution in [1.82, 2.24) is 0 Å². The summed E-state index contributed by atoms with van der Waals surface area (Å²) in [6, 6.07) is 0. The molecule has 0 N–H and O–H groups in total. The number of likely N-dealkylation sites (N-methyl/N-ethyl adjacent to an activating group) is 1. The van der Waals surface area contributed by atoms with Crippen molar-refractivity contribution in [2.75, 3.05) is 47.5 Å². The van der Waals surface area contributed by atoms with E-state index in [2.05, 4.69) is 98.9 Å². The van der Waals surface area contributed by atoms with Gasteiger partial charge in [-0.25, -0.2) is 0 Å². The quantitative estimate of drug-likeness (QED) is 0.0195. The van der Waals surface area contributed by atoms with E-state index in [0.717, 1.165) is 83.5 Å². The molecular formula is C72H130NO8P. The minimum absolute atomic E-state index is 0.0318. The van der Waals surface area contributed by atoms with E-state index in [0.29, 0.717) is 17.4 Å². The van der Waals surface area contributed by atoms with E-state index in [-0.39, 0.29) is 32.0 Å². The molecule has 476 valence electrons. The second-order valence-corrected chi connectivity index (χ2v) is 25.6. The number of phosphoric acid groups is 1. The van der Waals surface area contributed by atoms with Gasteiger partial charge in [0.1, 0.15) is 19.8 Å². The van der Waals surface area contributed by atoms with Gasteiger partial charge >= 0.3 is 11.9 Å². The highest BCUT2D eigenvalue weighted by molar-refractivity contribution is 7.45. The Labute approximate surface area is 507 Å². The molecule has 0 bridgehead atoms. The van der Waals surface area contributed by atoms with Crippen LogP contribution in [0.2, 0.25) is 0 Å². The fourth-order valence-corrected chi connectivity index (χ4v) is 10.4. The summed E-state index contributed by atoms with van der Waals surface area (Å²) in [4.78, 5) is 38.0. The van der Waals surface area contributed by atoms with Gasteiger partial charge in [0.05, 0.1) is 27.7 Å². The van der Waals surface area contributed by atoms with Crippen molar-refractivity contribution in [1.29, 1.82) is 0 Å². The summed E-state index contributed by atoms with van der Waals surface area (Å²) >= 11 is 0. The first kappa shape index (κ1) is 79.2. The SMILES string of the molecule is CC/C=C\C/C=C\C/C=C\C/C=C\C/C=C\CCCCCCCCCCCCCCCCCCCCCCCCCC(=O)OC(COC(=O)CCCCCCCCCCC/C=C\C/C=C\CCCCC)COP(=O)([O-])OCC[N+](C)(C)C. The highest BCUT2D eigenvalue weighted by Gasteiger charge is 2.22. The van der Waals surface area contributed by atoms with Crippen molar-refractivity contribution in [3.05, 3.63) is 85.1 Å². The molecule has 2 unspecified atom stereocenters. The molecule has 0 spiro atoms. The Morgan fingerprint density at radius 3 is 1.04 bits per heavy atom. The maximum Gasteiger partial charge on any atom is 0.306 e. The molecule has 0 aliphatic rings. The summed E-state index contributed by atoms with van der Waals surface area (Å²) in [5.74, 6) is -0.827. The van der Waals surface area contributed by atoms with Crippen LogP contribution in [-0.2, 0) is 32.7 Å². The largest absolute Gasteiger partial charge is 0.756 e. The van der Waals surface area contributed by atoms with Crippen molar-refractivity contribution in [3.63, 3.8) is 0 Å². The topological polar surface area (TPSA) is 111 Å². The molecule has 0 aromatic rings. The summed E-state index contributed by atoms with van der Waals surface area (Å²) in [5, 5.41) is 0. The lowest BCUT2D eigenvalue weighted by molar-refractivity contribution is -0.870. The fraction of sp³-hybridized carbons (Fsp3) is 0.778. The Hall–Kier alpha value is -2.81. The lowest BCUT2D eigenvalue weighted by atomic mass is 10.0. The zero-order valence-corrected chi connectivity index (χ0v) is 55.1. The third-order valence-corrected chi connectivity index (χ3v) is 15.9. The van der Waals surface area contributed by atoms with Crippen molar-refractivity contribution in [3.8, 4) is 0 Å². The molecule has 0 amide bonds. The number of hydrogen-bond donors (Lipinski definition) is 0. The van der Waals surface area contributed by atoms with E-state index in [1.54, 1.807) is 0 Å². The Kier molecular flexibility index (Phi) is 60.6. The number of ether oxygens (including phenoxy) is 2. The second-order valence-electron chi connectivity index (χ2n) is 24.2. The van der Waals surface area contributed by atoms with Crippen LogP contribution in [0.3, 0.4) is 0 Å². The second kappa shape index (κ2) is 62.7. The van der Waals surface area contributed by atoms with Crippen LogP contribution in [0.4, 0.5) is 0 Å². The van der Waals surface area contributed by atoms with Crippen LogP contribution in [0.25, 0.3) is 0 Å². The molecule has 0 heterocycles. The highest BCUT2D eigenvalue weighted by atomic mass is 31.2. The Morgan fingerprint density at radius 1 is 0.390 bits per heavy atom. The average Bonchev–Trinajstić information content (AvgIpc) is 3.46. The van der Waals surface area contributed by atoms with E-state index >= 15 is 0 Å². The van der Waals surface area contributed by atoms with Gasteiger partial charge in [0.15, 0.2) is 6.10 Å². The van der Waals surface area contributed by atoms with Gasteiger partial charge in [-0.1, -0.05) is 292 Å². The number of phosphoric ester groups is 1. The van der Waals surface area contributed by atoms with Crippen LogP contribution in [0.5, 0.6) is 0 Å². The van der Waals surface area contributed by atoms with Crippen molar-refractivity contribution < 1.29 is 42.1 Å². The predicted octanol–water partition coefficient (Wildman–Crippen LogP) is 21.5. The van der Waals surface area contributed by atoms with Gasteiger partial charge in [-0.05, 0) is 89.9 Å². The van der Waals surface area contributed by atoms with E-state index in [1.807, 2.05) is 21.1 Å². The molecule has 0 aromatic carbocycles. The number of rotatable bonds is 63. The van der Waals surface area contributed by atoms with Crippen molar-refractivity contribution >= 4 is 19.8 Å². The molecule has 0 rings (SSSR count). The van der Waals surface area contributed by atoms with Gasteiger partial charge in [-0.3, -0.25) is 14.2 Å². The minimum Gasteiger partial charge on any atom is -0.756 e. The summed E-state index contributed by atoms with van der Waals surface area (Å²) in [6.45, 7) is 4.13. The third-order valence-electron chi connectivity index (χ3n) is 14.9. The molecule has 0 aromatic heterocycles. The molecule has 2 atom stereocenters. The van der Waals surface area contributed by atoms with Crippen LogP contribution in [0.15, 0.2) is 85.1 Å². The van der Waals surface area contributed by atoms with Gasteiger partial charge in [0, 0.05) is 12.8 Å².